The lowest BCUT2D eigenvalue weighted by Crippen LogP contribution is -2.55. The van der Waals surface area contributed by atoms with Crippen molar-refractivity contribution in [3.8, 4) is 0 Å². The summed E-state index contributed by atoms with van der Waals surface area (Å²) >= 11 is 0. The highest BCUT2D eigenvalue weighted by Gasteiger charge is 2.34. The van der Waals surface area contributed by atoms with Crippen LogP contribution in [-0.4, -0.2) is 32.7 Å². The lowest BCUT2D eigenvalue weighted by molar-refractivity contribution is 0.141. The summed E-state index contributed by atoms with van der Waals surface area (Å²) in [6.45, 7) is -0.131. The van der Waals surface area contributed by atoms with Gasteiger partial charge in [-0.1, -0.05) is 19.3 Å². The van der Waals surface area contributed by atoms with Crippen LogP contribution in [-0.2, 0) is 10.2 Å². The van der Waals surface area contributed by atoms with Gasteiger partial charge in [-0.15, -0.1) is 0 Å². The fraction of sp³-hybridized carbons (Fsp3) is 1.00. The zero-order valence-corrected chi connectivity index (χ0v) is 9.23. The smallest absolute Gasteiger partial charge is 0.277 e. The minimum absolute atomic E-state index is 0.131. The SMILES string of the molecule is CNS(=O)(=O)NC1(CO)CCCCC1. The molecule has 3 N–H and O–H groups in total. The number of hydrogen-bond donors (Lipinski definition) is 3. The van der Waals surface area contributed by atoms with E-state index in [1.54, 1.807) is 0 Å². The summed E-state index contributed by atoms with van der Waals surface area (Å²) in [5.74, 6) is 0. The van der Waals surface area contributed by atoms with E-state index < -0.39 is 15.7 Å². The Balaban J connectivity index is 2.70. The van der Waals surface area contributed by atoms with E-state index in [9.17, 15) is 13.5 Å². The summed E-state index contributed by atoms with van der Waals surface area (Å²) in [4.78, 5) is 0. The first-order valence-corrected chi connectivity index (χ1v) is 6.35. The maximum absolute atomic E-state index is 11.3. The first-order valence-electron chi connectivity index (χ1n) is 4.87. The molecule has 1 saturated carbocycles. The van der Waals surface area contributed by atoms with Crippen LogP contribution in [0.3, 0.4) is 0 Å². The van der Waals surface area contributed by atoms with Crippen LogP contribution in [0.4, 0.5) is 0 Å². The lowest BCUT2D eigenvalue weighted by Gasteiger charge is -2.35. The minimum Gasteiger partial charge on any atom is -0.394 e. The Kier molecular flexibility index (Phi) is 3.88. The summed E-state index contributed by atoms with van der Waals surface area (Å²) in [6.07, 6.45) is 4.47. The van der Waals surface area contributed by atoms with E-state index in [-0.39, 0.29) is 6.61 Å². The predicted octanol–water partition coefficient (Wildman–Crippen LogP) is -0.265. The maximum atomic E-state index is 11.3. The zero-order valence-electron chi connectivity index (χ0n) is 8.41. The quantitative estimate of drug-likeness (QED) is 0.613. The van der Waals surface area contributed by atoms with Gasteiger partial charge >= 0.3 is 0 Å². The molecule has 14 heavy (non-hydrogen) atoms. The average Bonchev–Trinajstić information content (AvgIpc) is 2.19. The third kappa shape index (κ3) is 2.91. The summed E-state index contributed by atoms with van der Waals surface area (Å²) < 4.78 is 27.3. The molecule has 0 bridgehead atoms. The van der Waals surface area contributed by atoms with E-state index in [0.717, 1.165) is 19.3 Å². The summed E-state index contributed by atoms with van der Waals surface area (Å²) in [6, 6.07) is 0. The number of hydrogen-bond acceptors (Lipinski definition) is 3. The van der Waals surface area contributed by atoms with Crippen LogP contribution < -0.4 is 9.44 Å². The van der Waals surface area contributed by atoms with Gasteiger partial charge in [0.25, 0.3) is 10.2 Å². The van der Waals surface area contributed by atoms with Crippen LogP contribution in [0.25, 0.3) is 0 Å². The predicted molar refractivity (Wildman–Crippen MR) is 54.0 cm³/mol. The molecule has 1 rings (SSSR count). The highest BCUT2D eigenvalue weighted by Crippen LogP contribution is 2.28. The number of nitrogens with one attached hydrogen (secondary N) is 2. The molecular formula is C8H18N2O3S. The molecule has 1 fully saturated rings. The fourth-order valence-electron chi connectivity index (χ4n) is 1.86. The zero-order chi connectivity index (χ0) is 10.7. The van der Waals surface area contributed by atoms with Gasteiger partial charge in [0.05, 0.1) is 12.1 Å². The Hall–Kier alpha value is -0.170. The molecule has 5 nitrogen and oxygen atoms in total. The van der Waals surface area contributed by atoms with Crippen molar-refractivity contribution in [2.75, 3.05) is 13.7 Å². The van der Waals surface area contributed by atoms with E-state index in [1.807, 2.05) is 0 Å². The maximum Gasteiger partial charge on any atom is 0.277 e. The second kappa shape index (κ2) is 4.57. The molecule has 6 heteroatoms. The highest BCUT2D eigenvalue weighted by molar-refractivity contribution is 7.87. The van der Waals surface area contributed by atoms with E-state index in [2.05, 4.69) is 9.44 Å². The van der Waals surface area contributed by atoms with Crippen LogP contribution >= 0.6 is 0 Å². The molecule has 0 aliphatic heterocycles. The van der Waals surface area contributed by atoms with Gasteiger partial charge < -0.3 is 5.11 Å². The molecule has 0 atom stereocenters. The molecule has 0 unspecified atom stereocenters. The van der Waals surface area contributed by atoms with Crippen molar-refractivity contribution in [3.05, 3.63) is 0 Å². The molecule has 0 aromatic carbocycles. The van der Waals surface area contributed by atoms with Crippen molar-refractivity contribution in [2.24, 2.45) is 0 Å². The van der Waals surface area contributed by atoms with E-state index in [0.29, 0.717) is 12.8 Å². The average molecular weight is 222 g/mol. The van der Waals surface area contributed by atoms with Gasteiger partial charge in [-0.3, -0.25) is 0 Å². The summed E-state index contributed by atoms with van der Waals surface area (Å²) in [5, 5.41) is 9.25. The van der Waals surface area contributed by atoms with Gasteiger partial charge in [0.2, 0.25) is 0 Å². The van der Waals surface area contributed by atoms with Crippen molar-refractivity contribution >= 4 is 10.2 Å². The van der Waals surface area contributed by atoms with Crippen molar-refractivity contribution < 1.29 is 13.5 Å². The molecule has 0 amide bonds. The third-order valence-electron chi connectivity index (χ3n) is 2.73. The van der Waals surface area contributed by atoms with Crippen LogP contribution in [0, 0.1) is 0 Å². The second-order valence-electron chi connectivity index (χ2n) is 3.81. The Bertz CT molecular complexity index is 270. The second-order valence-corrected chi connectivity index (χ2v) is 5.43. The van der Waals surface area contributed by atoms with Crippen molar-refractivity contribution in [3.63, 3.8) is 0 Å². The topological polar surface area (TPSA) is 78.4 Å². The number of aliphatic hydroxyl groups is 1. The van der Waals surface area contributed by atoms with Gasteiger partial charge in [-0.05, 0) is 12.8 Å². The van der Waals surface area contributed by atoms with Crippen molar-refractivity contribution in [1.29, 1.82) is 0 Å². The van der Waals surface area contributed by atoms with Gasteiger partial charge in [-0.25, -0.2) is 4.72 Å². The monoisotopic (exact) mass is 222 g/mol. The highest BCUT2D eigenvalue weighted by atomic mass is 32.2. The van der Waals surface area contributed by atoms with Crippen LogP contribution in [0.5, 0.6) is 0 Å². The lowest BCUT2D eigenvalue weighted by atomic mass is 9.83. The minimum atomic E-state index is -3.45. The molecule has 0 radical (unpaired) electrons. The molecule has 84 valence electrons. The molecule has 1 aliphatic carbocycles. The molecule has 0 aromatic rings. The van der Waals surface area contributed by atoms with E-state index in [4.69, 9.17) is 0 Å². The summed E-state index contributed by atoms with van der Waals surface area (Å²) in [5.41, 5.74) is -0.639. The number of rotatable bonds is 4. The first kappa shape index (κ1) is 11.9. The Morgan fingerprint density at radius 2 is 1.86 bits per heavy atom. The number of aliphatic hydroxyl groups excluding tert-OH is 1. The third-order valence-corrected chi connectivity index (χ3v) is 3.97. The molecule has 0 saturated heterocycles. The van der Waals surface area contributed by atoms with E-state index >= 15 is 0 Å². The van der Waals surface area contributed by atoms with Gasteiger partial charge in [0.15, 0.2) is 0 Å². The molecule has 1 aliphatic rings. The molecule has 0 spiro atoms. The van der Waals surface area contributed by atoms with Gasteiger partial charge in [-0.2, -0.15) is 13.1 Å². The normalized spacial score (nSPS) is 22.1. The van der Waals surface area contributed by atoms with Crippen LogP contribution in [0.1, 0.15) is 32.1 Å². The standard InChI is InChI=1S/C8H18N2O3S/c1-9-14(12,13)10-8(7-11)5-3-2-4-6-8/h9-11H,2-7H2,1H3. The van der Waals surface area contributed by atoms with Gasteiger partial charge in [0.1, 0.15) is 0 Å². The van der Waals surface area contributed by atoms with Crippen molar-refractivity contribution in [2.45, 2.75) is 37.6 Å². The summed E-state index contributed by atoms with van der Waals surface area (Å²) in [7, 11) is -2.09. The van der Waals surface area contributed by atoms with Gasteiger partial charge in [0, 0.05) is 7.05 Å². The van der Waals surface area contributed by atoms with Crippen LogP contribution in [0.15, 0.2) is 0 Å². The Labute approximate surface area is 85.1 Å². The van der Waals surface area contributed by atoms with Crippen LogP contribution in [0.2, 0.25) is 0 Å². The largest absolute Gasteiger partial charge is 0.394 e. The van der Waals surface area contributed by atoms with Crippen molar-refractivity contribution in [1.82, 2.24) is 9.44 Å². The Morgan fingerprint density at radius 3 is 2.29 bits per heavy atom. The Morgan fingerprint density at radius 1 is 1.29 bits per heavy atom. The first-order chi connectivity index (χ1) is 6.54. The molecular weight excluding hydrogens is 204 g/mol. The molecule has 0 heterocycles. The molecule has 0 aromatic heterocycles. The fourth-order valence-corrected chi connectivity index (χ4v) is 2.80. The van der Waals surface area contributed by atoms with E-state index in [1.165, 1.54) is 7.05 Å².